The molecule has 0 bridgehead atoms. The highest BCUT2D eigenvalue weighted by atomic mass is 16.6. The maximum Gasteiger partial charge on any atom is 0.306 e. The average Bonchev–Trinajstić information content (AvgIpc) is 3.84. The van der Waals surface area contributed by atoms with E-state index in [4.69, 9.17) is 28.7 Å². The van der Waals surface area contributed by atoms with Crippen LogP contribution in [0.2, 0.25) is 0 Å². The van der Waals surface area contributed by atoms with E-state index in [1.54, 1.807) is 7.11 Å². The molecule has 7 atom stereocenters. The predicted octanol–water partition coefficient (Wildman–Crippen LogP) is 4.67. The van der Waals surface area contributed by atoms with Gasteiger partial charge in [-0.1, -0.05) is 31.6 Å². The molecule has 0 unspecified atom stereocenters. The van der Waals surface area contributed by atoms with Crippen molar-refractivity contribution < 1.29 is 28.5 Å². The molecule has 1 aromatic rings. The van der Waals surface area contributed by atoms with Crippen LogP contribution in [0.3, 0.4) is 0 Å². The lowest BCUT2D eigenvalue weighted by atomic mass is 9.68. The number of aromatic nitrogens is 1. The highest BCUT2D eigenvalue weighted by Gasteiger charge is 2.72. The molecule has 0 amide bonds. The first-order chi connectivity index (χ1) is 18.7. The summed E-state index contributed by atoms with van der Waals surface area (Å²) in [7, 11) is 1.72. The fourth-order valence-corrected chi connectivity index (χ4v) is 6.80. The van der Waals surface area contributed by atoms with Crippen molar-refractivity contribution in [3.63, 3.8) is 0 Å². The third kappa shape index (κ3) is 6.04. The minimum atomic E-state index is -0.345. The molecule has 1 aromatic heterocycles. The summed E-state index contributed by atoms with van der Waals surface area (Å²) in [5.41, 5.74) is 1.78. The Labute approximate surface area is 233 Å². The number of ether oxygens (including phenoxy) is 5. The van der Waals surface area contributed by atoms with Crippen LogP contribution in [-0.4, -0.2) is 80.5 Å². The molecule has 0 N–H and O–H groups in total. The maximum atomic E-state index is 13.4. The van der Waals surface area contributed by atoms with Gasteiger partial charge in [-0.15, -0.1) is 0 Å². The van der Waals surface area contributed by atoms with Crippen LogP contribution in [0.25, 0.3) is 0 Å². The number of carbonyl (C=O) groups is 1. The van der Waals surface area contributed by atoms with Crippen LogP contribution < -0.4 is 4.90 Å². The number of pyridine rings is 1. The van der Waals surface area contributed by atoms with Crippen LogP contribution in [0.1, 0.15) is 71.8 Å². The first-order valence-corrected chi connectivity index (χ1v) is 14.6. The number of morpholine rings is 1. The minimum Gasteiger partial charge on any atom is -0.460 e. The number of methoxy groups -OCH3 is 1. The summed E-state index contributed by atoms with van der Waals surface area (Å²) in [4.78, 5) is 20.3. The highest BCUT2D eigenvalue weighted by Crippen LogP contribution is 2.59. The molecule has 1 aliphatic carbocycles. The zero-order chi connectivity index (χ0) is 27.8. The molecule has 8 nitrogen and oxygen atoms in total. The van der Waals surface area contributed by atoms with Gasteiger partial charge >= 0.3 is 5.97 Å². The standard InChI is InChI=1S/C31H46N2O6/c1-20(2)7-9-25-30(5,39-25)29-28(35-6)24(11-12-31(29)19-37-31)38-27(34)17-23(21(3)4)22-8-10-26(32-18-22)33-13-15-36-16-14-33/h7-8,10,18,21,23-25,28-29H,9,11-17,19H2,1-6H3/t23-,24+,25+,28+,29+,30-,31-/m0/s1. The van der Waals surface area contributed by atoms with Gasteiger partial charge < -0.3 is 28.6 Å². The molecule has 1 spiro atoms. The first kappa shape index (κ1) is 28.5. The van der Waals surface area contributed by atoms with E-state index in [1.807, 2.05) is 6.20 Å². The molecule has 4 aliphatic rings. The Bertz CT molecular complexity index is 1030. The van der Waals surface area contributed by atoms with E-state index in [0.29, 0.717) is 6.42 Å². The fraction of sp³-hybridized carbons (Fsp3) is 0.742. The molecule has 4 fully saturated rings. The van der Waals surface area contributed by atoms with E-state index in [-0.39, 0.29) is 53.2 Å². The Morgan fingerprint density at radius 1 is 1.26 bits per heavy atom. The lowest BCUT2D eigenvalue weighted by molar-refractivity contribution is -0.172. The summed E-state index contributed by atoms with van der Waals surface area (Å²) in [6.07, 6.45) is 6.47. The van der Waals surface area contributed by atoms with E-state index in [0.717, 1.165) is 63.6 Å². The van der Waals surface area contributed by atoms with Crippen LogP contribution >= 0.6 is 0 Å². The molecular weight excluding hydrogens is 496 g/mol. The summed E-state index contributed by atoms with van der Waals surface area (Å²) in [5.74, 6) is 1.09. The number of esters is 1. The van der Waals surface area contributed by atoms with Gasteiger partial charge in [0.25, 0.3) is 0 Å². The molecule has 1 saturated carbocycles. The Hall–Kier alpha value is -2.00. The molecule has 4 heterocycles. The van der Waals surface area contributed by atoms with E-state index < -0.39 is 0 Å². The molecule has 0 radical (unpaired) electrons. The lowest BCUT2D eigenvalue weighted by Gasteiger charge is -2.42. The number of hydrogen-bond donors (Lipinski definition) is 0. The quantitative estimate of drug-likeness (QED) is 0.240. The van der Waals surface area contributed by atoms with Crippen molar-refractivity contribution in [2.24, 2.45) is 11.8 Å². The van der Waals surface area contributed by atoms with Crippen LogP contribution in [-0.2, 0) is 28.5 Å². The van der Waals surface area contributed by atoms with Crippen LogP contribution in [0.15, 0.2) is 30.0 Å². The van der Waals surface area contributed by atoms with E-state index >= 15 is 0 Å². The second-order valence-corrected chi connectivity index (χ2v) is 12.5. The van der Waals surface area contributed by atoms with Crippen LogP contribution in [0.5, 0.6) is 0 Å². The van der Waals surface area contributed by atoms with Gasteiger partial charge in [0.2, 0.25) is 0 Å². The third-order valence-corrected chi connectivity index (χ3v) is 9.25. The smallest absolute Gasteiger partial charge is 0.306 e. The molecular formula is C31H46N2O6. The number of nitrogens with zero attached hydrogens (tertiary/aromatic N) is 2. The number of allylic oxidation sites excluding steroid dienone is 1. The highest BCUT2D eigenvalue weighted by molar-refractivity contribution is 5.71. The van der Waals surface area contributed by atoms with Gasteiger partial charge in [-0.05, 0) is 63.5 Å². The summed E-state index contributed by atoms with van der Waals surface area (Å²) < 4.78 is 30.1. The van der Waals surface area contributed by atoms with E-state index in [2.05, 4.69) is 57.7 Å². The number of rotatable bonds is 10. The number of carbonyl (C=O) groups excluding carboxylic acids is 1. The topological polar surface area (TPSA) is 86.0 Å². The van der Waals surface area contributed by atoms with Gasteiger partial charge in [0.05, 0.1) is 38.3 Å². The lowest BCUT2D eigenvalue weighted by Crippen LogP contribution is -2.55. The molecule has 216 valence electrons. The van der Waals surface area contributed by atoms with Crippen molar-refractivity contribution in [1.82, 2.24) is 4.98 Å². The van der Waals surface area contributed by atoms with Gasteiger partial charge in [0.15, 0.2) is 0 Å². The summed E-state index contributed by atoms with van der Waals surface area (Å²) in [6.45, 7) is 14.5. The Kier molecular flexibility index (Phi) is 8.39. The normalized spacial score (nSPS) is 34.6. The maximum absolute atomic E-state index is 13.4. The van der Waals surface area contributed by atoms with Crippen molar-refractivity contribution in [2.45, 2.75) is 95.7 Å². The van der Waals surface area contributed by atoms with Crippen molar-refractivity contribution >= 4 is 11.8 Å². The zero-order valence-electron chi connectivity index (χ0n) is 24.5. The molecule has 8 heteroatoms. The van der Waals surface area contributed by atoms with E-state index in [1.165, 1.54) is 5.57 Å². The van der Waals surface area contributed by atoms with Crippen LogP contribution in [0, 0.1) is 11.8 Å². The van der Waals surface area contributed by atoms with Crippen molar-refractivity contribution in [3.05, 3.63) is 35.5 Å². The molecule has 3 aliphatic heterocycles. The summed E-state index contributed by atoms with van der Waals surface area (Å²) in [6, 6.07) is 4.17. The van der Waals surface area contributed by atoms with E-state index in [9.17, 15) is 4.79 Å². The molecule has 3 saturated heterocycles. The number of hydrogen-bond acceptors (Lipinski definition) is 8. The molecule has 0 aromatic carbocycles. The largest absolute Gasteiger partial charge is 0.460 e. The third-order valence-electron chi connectivity index (χ3n) is 9.25. The Morgan fingerprint density at radius 3 is 2.59 bits per heavy atom. The fourth-order valence-electron chi connectivity index (χ4n) is 6.80. The van der Waals surface area contributed by atoms with Crippen molar-refractivity contribution in [2.75, 3.05) is 44.9 Å². The number of anilines is 1. The van der Waals surface area contributed by atoms with Crippen LogP contribution in [0.4, 0.5) is 5.82 Å². The monoisotopic (exact) mass is 542 g/mol. The second-order valence-electron chi connectivity index (χ2n) is 12.5. The van der Waals surface area contributed by atoms with Crippen molar-refractivity contribution in [3.8, 4) is 0 Å². The SMILES string of the molecule is CO[C@@H]1[C@H](OC(=O)C[C@H](c2ccc(N3CCOCC3)nc2)C(C)C)CC[C@]2(CO2)[C@H]1[C@@]1(C)O[C@@H]1CC=C(C)C. The summed E-state index contributed by atoms with van der Waals surface area (Å²) in [5, 5.41) is 0. The van der Waals surface area contributed by atoms with Crippen molar-refractivity contribution in [1.29, 1.82) is 0 Å². The Balaban J connectivity index is 1.24. The Morgan fingerprint density at radius 2 is 2.00 bits per heavy atom. The average molecular weight is 543 g/mol. The minimum absolute atomic E-state index is 0.0231. The second kappa shape index (κ2) is 11.5. The molecule has 39 heavy (non-hydrogen) atoms. The first-order valence-electron chi connectivity index (χ1n) is 14.6. The molecule has 5 rings (SSSR count). The van der Waals surface area contributed by atoms with Gasteiger partial charge in [0.1, 0.15) is 29.2 Å². The predicted molar refractivity (Wildman–Crippen MR) is 149 cm³/mol. The van der Waals surface area contributed by atoms with Gasteiger partial charge in [-0.2, -0.15) is 0 Å². The summed E-state index contributed by atoms with van der Waals surface area (Å²) >= 11 is 0. The zero-order valence-corrected chi connectivity index (χ0v) is 24.5. The van der Waals surface area contributed by atoms with Gasteiger partial charge in [0, 0.05) is 26.4 Å². The van der Waals surface area contributed by atoms with Gasteiger partial charge in [-0.3, -0.25) is 4.79 Å². The van der Waals surface area contributed by atoms with Gasteiger partial charge in [-0.25, -0.2) is 4.98 Å². The number of epoxide rings is 2.